The van der Waals surface area contributed by atoms with Crippen molar-refractivity contribution in [2.45, 2.75) is 33.3 Å². The van der Waals surface area contributed by atoms with Gasteiger partial charge in [-0.3, -0.25) is 0 Å². The molecule has 0 unspecified atom stereocenters. The molecule has 26 heavy (non-hydrogen) atoms. The molecule has 0 saturated carbocycles. The number of para-hydroxylation sites is 1. The van der Waals surface area contributed by atoms with Crippen LogP contribution in [0.2, 0.25) is 0 Å². The summed E-state index contributed by atoms with van der Waals surface area (Å²) >= 11 is 0. The van der Waals surface area contributed by atoms with Crippen LogP contribution in [0.3, 0.4) is 0 Å². The maximum absolute atomic E-state index is 12.0. The Morgan fingerprint density at radius 2 is 1.50 bits per heavy atom. The molecule has 0 fully saturated rings. The highest BCUT2D eigenvalue weighted by Gasteiger charge is 2.17. The van der Waals surface area contributed by atoms with Gasteiger partial charge in [-0.15, -0.1) is 0 Å². The Morgan fingerprint density at radius 3 is 2.12 bits per heavy atom. The van der Waals surface area contributed by atoms with Crippen LogP contribution in [0.5, 0.6) is 17.2 Å². The van der Waals surface area contributed by atoms with Crippen molar-refractivity contribution in [3.05, 3.63) is 54.1 Å². The SMILES string of the molecule is CCOC(=O)c1ccccc1OC(=O)Oc1ccc(OC(C)(C)C)cc1. The molecule has 2 rings (SSSR count). The summed E-state index contributed by atoms with van der Waals surface area (Å²) in [7, 11) is 0. The van der Waals surface area contributed by atoms with E-state index in [2.05, 4.69) is 0 Å². The van der Waals surface area contributed by atoms with Crippen LogP contribution >= 0.6 is 0 Å². The summed E-state index contributed by atoms with van der Waals surface area (Å²) in [6.07, 6.45) is -0.953. The fraction of sp³-hybridized carbons (Fsp3) is 0.300. The van der Waals surface area contributed by atoms with Crippen LogP contribution in [0, 0.1) is 0 Å². The normalized spacial score (nSPS) is 10.8. The third kappa shape index (κ3) is 5.81. The van der Waals surface area contributed by atoms with Gasteiger partial charge in [-0.25, -0.2) is 9.59 Å². The Balaban J connectivity index is 2.02. The average Bonchev–Trinajstić information content (AvgIpc) is 2.56. The Bertz CT molecular complexity index is 759. The van der Waals surface area contributed by atoms with Crippen molar-refractivity contribution in [3.8, 4) is 17.2 Å². The molecule has 0 radical (unpaired) electrons. The van der Waals surface area contributed by atoms with Gasteiger partial charge in [0.05, 0.1) is 6.61 Å². The predicted octanol–water partition coefficient (Wildman–Crippen LogP) is 4.62. The highest BCUT2D eigenvalue weighted by Crippen LogP contribution is 2.23. The molecule has 138 valence electrons. The third-order valence-electron chi connectivity index (χ3n) is 3.02. The number of ether oxygens (including phenoxy) is 4. The molecule has 2 aromatic carbocycles. The minimum absolute atomic E-state index is 0.0728. The Morgan fingerprint density at radius 1 is 0.885 bits per heavy atom. The highest BCUT2D eigenvalue weighted by molar-refractivity contribution is 5.93. The molecular formula is C20H22O6. The first kappa shape index (κ1) is 19.3. The maximum atomic E-state index is 12.0. The Labute approximate surface area is 152 Å². The van der Waals surface area contributed by atoms with Crippen molar-refractivity contribution in [1.29, 1.82) is 0 Å². The van der Waals surface area contributed by atoms with Gasteiger partial charge in [0, 0.05) is 0 Å². The van der Waals surface area contributed by atoms with Gasteiger partial charge in [-0.2, -0.15) is 0 Å². The molecule has 0 saturated heterocycles. The van der Waals surface area contributed by atoms with Crippen molar-refractivity contribution in [3.63, 3.8) is 0 Å². The van der Waals surface area contributed by atoms with Crippen molar-refractivity contribution in [1.82, 2.24) is 0 Å². The van der Waals surface area contributed by atoms with Gasteiger partial charge in [0.1, 0.15) is 28.4 Å². The number of carbonyl (C=O) groups excluding carboxylic acids is 2. The summed E-state index contributed by atoms with van der Waals surface area (Å²) in [5.41, 5.74) is -0.168. The van der Waals surface area contributed by atoms with Crippen LogP contribution in [-0.2, 0) is 4.74 Å². The van der Waals surface area contributed by atoms with E-state index in [0.717, 1.165) is 0 Å². The van der Waals surface area contributed by atoms with Gasteiger partial charge < -0.3 is 18.9 Å². The number of hydrogen-bond donors (Lipinski definition) is 0. The molecule has 0 bridgehead atoms. The molecule has 0 amide bonds. The predicted molar refractivity (Wildman–Crippen MR) is 95.9 cm³/mol. The molecule has 0 N–H and O–H groups in total. The van der Waals surface area contributed by atoms with Crippen LogP contribution in [0.4, 0.5) is 4.79 Å². The second-order valence-electron chi connectivity index (χ2n) is 6.36. The van der Waals surface area contributed by atoms with E-state index in [4.69, 9.17) is 18.9 Å². The fourth-order valence-corrected chi connectivity index (χ4v) is 2.07. The summed E-state index contributed by atoms with van der Waals surface area (Å²) in [5.74, 6) is 0.457. The van der Waals surface area contributed by atoms with E-state index in [1.54, 1.807) is 43.3 Å². The summed E-state index contributed by atoms with van der Waals surface area (Å²) in [5, 5.41) is 0. The van der Waals surface area contributed by atoms with E-state index in [9.17, 15) is 9.59 Å². The number of esters is 1. The van der Waals surface area contributed by atoms with E-state index >= 15 is 0 Å². The molecule has 0 aliphatic rings. The standard InChI is InChI=1S/C20H22O6/c1-5-23-18(21)16-8-6-7-9-17(16)25-19(22)24-14-10-12-15(13-11-14)26-20(2,3)4/h6-13H,5H2,1-4H3. The van der Waals surface area contributed by atoms with Gasteiger partial charge >= 0.3 is 12.1 Å². The first-order valence-electron chi connectivity index (χ1n) is 8.23. The van der Waals surface area contributed by atoms with E-state index in [1.165, 1.54) is 12.1 Å². The second-order valence-corrected chi connectivity index (χ2v) is 6.36. The van der Waals surface area contributed by atoms with E-state index in [1.807, 2.05) is 20.8 Å². The molecule has 6 nitrogen and oxygen atoms in total. The Hall–Kier alpha value is -3.02. The minimum atomic E-state index is -0.953. The van der Waals surface area contributed by atoms with Crippen LogP contribution in [-0.4, -0.2) is 24.3 Å². The van der Waals surface area contributed by atoms with E-state index in [-0.39, 0.29) is 23.5 Å². The molecule has 2 aromatic rings. The number of rotatable bonds is 5. The van der Waals surface area contributed by atoms with Crippen molar-refractivity contribution >= 4 is 12.1 Å². The van der Waals surface area contributed by atoms with Gasteiger partial charge in [-0.1, -0.05) is 12.1 Å². The molecule has 0 aromatic heterocycles. The third-order valence-corrected chi connectivity index (χ3v) is 3.02. The summed E-state index contributed by atoms with van der Waals surface area (Å²) < 4.78 is 20.9. The molecular weight excluding hydrogens is 336 g/mol. The molecule has 0 aliphatic carbocycles. The fourth-order valence-electron chi connectivity index (χ4n) is 2.07. The minimum Gasteiger partial charge on any atom is -0.488 e. The lowest BCUT2D eigenvalue weighted by molar-refractivity contribution is 0.0522. The number of carbonyl (C=O) groups is 2. The molecule has 0 aliphatic heterocycles. The lowest BCUT2D eigenvalue weighted by Gasteiger charge is -2.21. The monoisotopic (exact) mass is 358 g/mol. The van der Waals surface area contributed by atoms with Crippen molar-refractivity contribution in [2.75, 3.05) is 6.61 Å². The molecule has 0 atom stereocenters. The second kappa shape index (κ2) is 8.38. The van der Waals surface area contributed by atoms with Crippen LogP contribution in [0.1, 0.15) is 38.1 Å². The quantitative estimate of drug-likeness (QED) is 0.574. The zero-order valence-corrected chi connectivity index (χ0v) is 15.3. The lowest BCUT2D eigenvalue weighted by atomic mass is 10.2. The summed E-state index contributed by atoms with van der Waals surface area (Å²) in [6.45, 7) is 7.74. The number of benzene rings is 2. The van der Waals surface area contributed by atoms with E-state index < -0.39 is 12.1 Å². The first-order chi connectivity index (χ1) is 12.3. The zero-order chi connectivity index (χ0) is 19.2. The number of hydrogen-bond acceptors (Lipinski definition) is 6. The maximum Gasteiger partial charge on any atom is 0.519 e. The van der Waals surface area contributed by atoms with Gasteiger partial charge in [0.2, 0.25) is 0 Å². The Kier molecular flexibility index (Phi) is 6.22. The summed E-state index contributed by atoms with van der Waals surface area (Å²) in [6, 6.07) is 12.9. The van der Waals surface area contributed by atoms with Crippen molar-refractivity contribution in [2.24, 2.45) is 0 Å². The molecule has 0 spiro atoms. The molecule has 0 heterocycles. The van der Waals surface area contributed by atoms with Gasteiger partial charge in [-0.05, 0) is 64.1 Å². The summed E-state index contributed by atoms with van der Waals surface area (Å²) in [4.78, 5) is 23.9. The highest BCUT2D eigenvalue weighted by atomic mass is 16.7. The molecule has 6 heteroatoms. The average molecular weight is 358 g/mol. The van der Waals surface area contributed by atoms with Crippen molar-refractivity contribution < 1.29 is 28.5 Å². The van der Waals surface area contributed by atoms with Crippen LogP contribution in [0.25, 0.3) is 0 Å². The van der Waals surface area contributed by atoms with Crippen LogP contribution < -0.4 is 14.2 Å². The zero-order valence-electron chi connectivity index (χ0n) is 15.3. The lowest BCUT2D eigenvalue weighted by Crippen LogP contribution is -2.22. The van der Waals surface area contributed by atoms with Crippen LogP contribution in [0.15, 0.2) is 48.5 Å². The largest absolute Gasteiger partial charge is 0.519 e. The smallest absolute Gasteiger partial charge is 0.488 e. The van der Waals surface area contributed by atoms with Gasteiger partial charge in [0.25, 0.3) is 0 Å². The van der Waals surface area contributed by atoms with Gasteiger partial charge in [0.15, 0.2) is 0 Å². The van der Waals surface area contributed by atoms with E-state index in [0.29, 0.717) is 11.5 Å². The first-order valence-corrected chi connectivity index (χ1v) is 8.23. The topological polar surface area (TPSA) is 71.1 Å².